The zero-order chi connectivity index (χ0) is 25.1. The fourth-order valence-corrected chi connectivity index (χ4v) is 8.58. The van der Waals surface area contributed by atoms with Crippen LogP contribution in [0.4, 0.5) is 5.69 Å². The average molecular weight is 522 g/mol. The molecule has 2 amide bonds. The molecular weight excluding hydrogens is 490 g/mol. The molecule has 190 valence electrons. The summed E-state index contributed by atoms with van der Waals surface area (Å²) in [5.74, 6) is -0.940. The number of hydrogen-bond donors (Lipinski definition) is 3. The molecule has 1 aromatic carbocycles. The van der Waals surface area contributed by atoms with E-state index in [4.69, 9.17) is 10.0 Å². The molecule has 2 aromatic rings. The van der Waals surface area contributed by atoms with E-state index in [1.807, 2.05) is 24.3 Å². The average Bonchev–Trinajstić information content (AvgIpc) is 3.35. The van der Waals surface area contributed by atoms with Gasteiger partial charge in [0, 0.05) is 16.7 Å². The molecule has 0 bridgehead atoms. The summed E-state index contributed by atoms with van der Waals surface area (Å²) in [4.78, 5) is 31.9. The Labute approximate surface area is 209 Å². The maximum absolute atomic E-state index is 13.2. The zero-order valence-corrected chi connectivity index (χ0v) is 21.3. The van der Waals surface area contributed by atoms with E-state index >= 15 is 0 Å². The molecule has 0 unspecified atom stereocenters. The minimum atomic E-state index is -3.60. The van der Waals surface area contributed by atoms with Crippen molar-refractivity contribution in [2.24, 2.45) is 0 Å². The Kier molecular flexibility index (Phi) is 7.92. The minimum absolute atomic E-state index is 0.00994. The SMILES string of the molecule is CC(=O)N(OC1CCNCC1)c1cccc(-c2ccc([C@@]3(CC(=O)NO)CCCCS3(=O)=O)s2)c1. The molecule has 0 radical (unpaired) electrons. The Balaban J connectivity index is 1.65. The van der Waals surface area contributed by atoms with E-state index in [2.05, 4.69) is 5.32 Å². The van der Waals surface area contributed by atoms with Gasteiger partial charge in [0.15, 0.2) is 9.84 Å². The molecule has 35 heavy (non-hydrogen) atoms. The highest BCUT2D eigenvalue weighted by Gasteiger charge is 2.49. The summed E-state index contributed by atoms with van der Waals surface area (Å²) in [6.45, 7) is 3.14. The van der Waals surface area contributed by atoms with Gasteiger partial charge in [-0.2, -0.15) is 5.06 Å². The van der Waals surface area contributed by atoms with Crippen LogP contribution in [0, 0.1) is 0 Å². The van der Waals surface area contributed by atoms with Crippen molar-refractivity contribution in [1.29, 1.82) is 0 Å². The van der Waals surface area contributed by atoms with E-state index in [-0.39, 0.29) is 24.2 Å². The van der Waals surface area contributed by atoms with Crippen molar-refractivity contribution in [3.63, 3.8) is 0 Å². The third kappa shape index (κ3) is 5.44. The molecule has 2 fully saturated rings. The van der Waals surface area contributed by atoms with Crippen LogP contribution in [0.5, 0.6) is 0 Å². The molecule has 3 heterocycles. The van der Waals surface area contributed by atoms with Gasteiger partial charge in [-0.25, -0.2) is 13.9 Å². The van der Waals surface area contributed by atoms with Crippen LogP contribution in [0.2, 0.25) is 0 Å². The van der Waals surface area contributed by atoms with E-state index in [0.717, 1.165) is 36.4 Å². The first-order chi connectivity index (χ1) is 16.8. The van der Waals surface area contributed by atoms with Crippen LogP contribution in [0.25, 0.3) is 10.4 Å². The van der Waals surface area contributed by atoms with Crippen LogP contribution < -0.4 is 15.9 Å². The van der Waals surface area contributed by atoms with E-state index in [1.165, 1.54) is 23.3 Å². The molecule has 11 heteroatoms. The Morgan fingerprint density at radius 3 is 2.69 bits per heavy atom. The number of carbonyl (C=O) groups excluding carboxylic acids is 2. The largest absolute Gasteiger partial charge is 0.317 e. The monoisotopic (exact) mass is 521 g/mol. The number of nitrogens with zero attached hydrogens (tertiary/aromatic N) is 1. The fraction of sp³-hybridized carbons (Fsp3) is 0.500. The summed E-state index contributed by atoms with van der Waals surface area (Å²) in [7, 11) is -3.60. The van der Waals surface area contributed by atoms with Crippen molar-refractivity contribution < 1.29 is 28.1 Å². The second-order valence-electron chi connectivity index (χ2n) is 9.06. The molecule has 0 saturated carbocycles. The number of hydrogen-bond acceptors (Lipinski definition) is 8. The van der Waals surface area contributed by atoms with Crippen molar-refractivity contribution in [2.45, 2.75) is 56.3 Å². The normalized spacial score (nSPS) is 22.5. The highest BCUT2D eigenvalue weighted by Crippen LogP contribution is 2.47. The van der Waals surface area contributed by atoms with Crippen molar-refractivity contribution >= 4 is 38.7 Å². The van der Waals surface area contributed by atoms with Gasteiger partial charge in [-0.3, -0.25) is 19.6 Å². The number of anilines is 1. The molecule has 1 atom stereocenters. The van der Waals surface area contributed by atoms with Gasteiger partial charge in [-0.15, -0.1) is 11.3 Å². The molecule has 2 saturated heterocycles. The number of benzene rings is 1. The Morgan fingerprint density at radius 2 is 2.00 bits per heavy atom. The number of carbonyl (C=O) groups is 2. The Morgan fingerprint density at radius 1 is 1.23 bits per heavy atom. The van der Waals surface area contributed by atoms with Crippen LogP contribution in [-0.2, 0) is 29.0 Å². The van der Waals surface area contributed by atoms with Gasteiger partial charge >= 0.3 is 0 Å². The molecule has 3 N–H and O–H groups in total. The lowest BCUT2D eigenvalue weighted by Gasteiger charge is -2.35. The standard InChI is InChI=1S/C24H31N3O6S2/c1-17(28)27(33-20-9-12-25-13-10-20)19-6-4-5-18(15-19)21-7-8-22(34-21)24(16-23(29)26-30)11-2-3-14-35(24,31)32/h4-8,15,20,25,30H,2-3,9-14,16H2,1H3,(H,26,29)/t24-/m0/s1. The molecule has 2 aliphatic rings. The molecule has 1 aromatic heterocycles. The Bertz CT molecular complexity index is 1180. The van der Waals surface area contributed by atoms with E-state index in [9.17, 15) is 18.0 Å². The topological polar surface area (TPSA) is 125 Å². The summed E-state index contributed by atoms with van der Waals surface area (Å²) in [5, 5.41) is 13.7. The predicted octanol–water partition coefficient (Wildman–Crippen LogP) is 3.14. The number of piperidine rings is 1. The first-order valence-electron chi connectivity index (χ1n) is 11.8. The second-order valence-corrected chi connectivity index (χ2v) is 12.6. The van der Waals surface area contributed by atoms with Gasteiger partial charge in [0.05, 0.1) is 24.0 Å². The molecule has 2 aliphatic heterocycles. The number of hydroxylamine groups is 2. The maximum Gasteiger partial charge on any atom is 0.247 e. The van der Waals surface area contributed by atoms with Crippen molar-refractivity contribution in [2.75, 3.05) is 23.9 Å². The summed E-state index contributed by atoms with van der Waals surface area (Å²) in [5.41, 5.74) is 3.01. The zero-order valence-electron chi connectivity index (χ0n) is 19.7. The van der Waals surface area contributed by atoms with Crippen LogP contribution in [-0.4, -0.2) is 50.4 Å². The van der Waals surface area contributed by atoms with Crippen LogP contribution in [0.3, 0.4) is 0 Å². The lowest BCUT2D eigenvalue weighted by Crippen LogP contribution is -2.43. The summed E-state index contributed by atoms with van der Waals surface area (Å²) >= 11 is 1.32. The van der Waals surface area contributed by atoms with Crippen LogP contribution in [0.1, 0.15) is 50.3 Å². The first kappa shape index (κ1) is 25.8. The highest BCUT2D eigenvalue weighted by atomic mass is 32.2. The summed E-state index contributed by atoms with van der Waals surface area (Å²) in [6, 6.07) is 11.0. The lowest BCUT2D eigenvalue weighted by molar-refractivity contribution is -0.130. The van der Waals surface area contributed by atoms with Crippen LogP contribution in [0.15, 0.2) is 36.4 Å². The van der Waals surface area contributed by atoms with Gasteiger partial charge in [0.2, 0.25) is 11.8 Å². The third-order valence-corrected chi connectivity index (χ3v) is 10.7. The van der Waals surface area contributed by atoms with Crippen molar-refractivity contribution in [3.8, 4) is 10.4 Å². The lowest BCUT2D eigenvalue weighted by atomic mass is 9.94. The third-order valence-electron chi connectivity index (χ3n) is 6.66. The van der Waals surface area contributed by atoms with Gasteiger partial charge in [0.25, 0.3) is 0 Å². The smallest absolute Gasteiger partial charge is 0.247 e. The number of nitrogens with one attached hydrogen (secondary N) is 2. The van der Waals surface area contributed by atoms with Gasteiger partial charge in [0.1, 0.15) is 4.75 Å². The minimum Gasteiger partial charge on any atom is -0.317 e. The highest BCUT2D eigenvalue weighted by molar-refractivity contribution is 7.92. The Hall–Kier alpha value is -2.31. The van der Waals surface area contributed by atoms with Gasteiger partial charge in [-0.05, 0) is 68.6 Å². The second kappa shape index (κ2) is 10.8. The van der Waals surface area contributed by atoms with E-state index in [0.29, 0.717) is 29.8 Å². The molecule has 4 rings (SSSR count). The molecular formula is C24H31N3O6S2. The van der Waals surface area contributed by atoms with E-state index < -0.39 is 20.5 Å². The quantitative estimate of drug-likeness (QED) is 0.378. The predicted molar refractivity (Wildman–Crippen MR) is 134 cm³/mol. The van der Waals surface area contributed by atoms with Crippen molar-refractivity contribution in [1.82, 2.24) is 10.8 Å². The van der Waals surface area contributed by atoms with Gasteiger partial charge < -0.3 is 5.32 Å². The van der Waals surface area contributed by atoms with E-state index in [1.54, 1.807) is 17.6 Å². The number of sulfone groups is 1. The van der Waals surface area contributed by atoms with Gasteiger partial charge in [-0.1, -0.05) is 18.6 Å². The van der Waals surface area contributed by atoms with Crippen molar-refractivity contribution in [3.05, 3.63) is 41.3 Å². The summed E-state index contributed by atoms with van der Waals surface area (Å²) < 4.78 is 25.0. The maximum atomic E-state index is 13.2. The number of amides is 2. The number of thiophene rings is 1. The first-order valence-corrected chi connectivity index (χ1v) is 14.3. The molecule has 0 aliphatic carbocycles. The number of rotatable bonds is 7. The summed E-state index contributed by atoms with van der Waals surface area (Å²) in [6.07, 6.45) is 2.82. The molecule has 0 spiro atoms. The van der Waals surface area contributed by atoms with Crippen LogP contribution >= 0.6 is 11.3 Å². The molecule has 9 nitrogen and oxygen atoms in total. The fourth-order valence-electron chi connectivity index (χ4n) is 4.80.